The second-order valence-corrected chi connectivity index (χ2v) is 23.1. The number of likely N-dealkylation sites (tertiary alicyclic amines) is 2. The summed E-state index contributed by atoms with van der Waals surface area (Å²) in [5, 5.41) is -0.0682. The SMILES string of the molecule is CCOC(C)O[C@]1(C)CC[C@@H](O[Si](C)(C)C(C)(C)C)CC(=O)O[C@H](C(C)=CC=C[C@@H](C)c2ccccn2)[C@@H](C)C=C[C@@H]1OC(=O)N1CCC(N2CCCCC2)CC1. The van der Waals surface area contributed by atoms with Crippen molar-refractivity contribution in [2.75, 3.05) is 32.8 Å². The summed E-state index contributed by atoms with van der Waals surface area (Å²) in [4.78, 5) is 37.0. The van der Waals surface area contributed by atoms with Crippen LogP contribution in [0, 0.1) is 5.92 Å². The van der Waals surface area contributed by atoms with Crippen molar-refractivity contribution in [3.8, 4) is 0 Å². The van der Waals surface area contributed by atoms with Gasteiger partial charge in [-0.2, -0.15) is 0 Å². The van der Waals surface area contributed by atoms with Crippen LogP contribution in [0.25, 0.3) is 0 Å². The van der Waals surface area contributed by atoms with Gasteiger partial charge < -0.3 is 33.2 Å². The Kier molecular flexibility index (Phi) is 17.6. The number of pyridine rings is 1. The summed E-state index contributed by atoms with van der Waals surface area (Å²) in [6.07, 6.45) is 16.1. The maximum Gasteiger partial charge on any atom is 0.410 e. The first-order valence-electron chi connectivity index (χ1n) is 21.7. The van der Waals surface area contributed by atoms with E-state index in [0.29, 0.717) is 38.6 Å². The van der Waals surface area contributed by atoms with E-state index in [0.717, 1.165) is 37.2 Å². The van der Waals surface area contributed by atoms with Gasteiger partial charge in [0.05, 0.1) is 12.5 Å². The van der Waals surface area contributed by atoms with Crippen LogP contribution in [0.2, 0.25) is 18.1 Å². The van der Waals surface area contributed by atoms with Crippen LogP contribution >= 0.6 is 0 Å². The van der Waals surface area contributed by atoms with E-state index in [4.69, 9.17) is 23.4 Å². The quantitative estimate of drug-likeness (QED) is 0.0672. The zero-order valence-electron chi connectivity index (χ0n) is 37.1. The molecule has 0 saturated carbocycles. The maximum atomic E-state index is 14.1. The number of ether oxygens (including phenoxy) is 4. The molecule has 57 heavy (non-hydrogen) atoms. The van der Waals surface area contributed by atoms with E-state index in [1.165, 1.54) is 19.3 Å². The number of nitrogens with zero attached hydrogens (tertiary/aromatic N) is 3. The average molecular weight is 810 g/mol. The Morgan fingerprint density at radius 3 is 2.40 bits per heavy atom. The molecular weight excluding hydrogens is 735 g/mol. The van der Waals surface area contributed by atoms with Gasteiger partial charge >= 0.3 is 12.1 Å². The van der Waals surface area contributed by atoms with Crippen LogP contribution in [0.3, 0.4) is 0 Å². The fourth-order valence-electron chi connectivity index (χ4n) is 7.99. The van der Waals surface area contributed by atoms with Gasteiger partial charge in [-0.25, -0.2) is 4.79 Å². The molecule has 3 aliphatic rings. The minimum atomic E-state index is -2.30. The Morgan fingerprint density at radius 2 is 1.77 bits per heavy atom. The predicted octanol–water partition coefficient (Wildman–Crippen LogP) is 9.98. The van der Waals surface area contributed by atoms with Crippen LogP contribution in [0.15, 0.2) is 60.3 Å². The van der Waals surface area contributed by atoms with E-state index < -0.39 is 38.5 Å². The topological polar surface area (TPSA) is 99.7 Å². The zero-order valence-corrected chi connectivity index (χ0v) is 38.1. The summed E-state index contributed by atoms with van der Waals surface area (Å²) >= 11 is 0. The largest absolute Gasteiger partial charge is 0.457 e. The summed E-state index contributed by atoms with van der Waals surface area (Å²) in [6.45, 7) is 27.1. The fourth-order valence-corrected chi connectivity index (χ4v) is 9.38. The number of carbonyl (C=O) groups is 2. The maximum absolute atomic E-state index is 14.1. The molecule has 0 aromatic carbocycles. The van der Waals surface area contributed by atoms with Gasteiger partial charge in [0.15, 0.2) is 20.7 Å². The molecule has 11 heteroatoms. The van der Waals surface area contributed by atoms with Gasteiger partial charge in [-0.05, 0) is 121 Å². The lowest BCUT2D eigenvalue weighted by molar-refractivity contribution is -0.222. The molecule has 1 aromatic heterocycles. The summed E-state index contributed by atoms with van der Waals surface area (Å²) in [5.41, 5.74) is 0.894. The van der Waals surface area contributed by atoms with Crippen LogP contribution in [0.4, 0.5) is 4.79 Å². The molecule has 0 aliphatic carbocycles. The first kappa shape index (κ1) is 46.9. The molecule has 320 valence electrons. The Bertz CT molecular complexity index is 1500. The lowest BCUT2D eigenvalue weighted by atomic mass is 9.88. The summed E-state index contributed by atoms with van der Waals surface area (Å²) in [5.74, 6) is -0.437. The van der Waals surface area contributed by atoms with Gasteiger partial charge in [-0.3, -0.25) is 9.78 Å². The molecule has 2 fully saturated rings. The number of amides is 1. The normalized spacial score (nSPS) is 28.0. The van der Waals surface area contributed by atoms with Gasteiger partial charge in [0, 0.05) is 49.5 Å². The van der Waals surface area contributed by atoms with E-state index in [1.54, 1.807) is 6.20 Å². The van der Waals surface area contributed by atoms with E-state index in [1.807, 2.05) is 82.0 Å². The number of esters is 1. The smallest absolute Gasteiger partial charge is 0.410 e. The molecule has 1 amide bonds. The molecule has 7 atom stereocenters. The molecular formula is C46H75N3O7Si. The standard InChI is InChI=1S/C46H75N3O7Si/c1-12-52-37(5)55-46(9)27-24-39(56-57(10,11)45(6,7)8)33-42(50)54-43(35(3)20-18-19-34(2)40-21-14-15-28-47-40)36(4)22-23-41(46)53-44(51)49-31-25-38(26-32-49)48-29-16-13-17-30-48/h14-15,18-23,28,34,36-39,41,43H,12-13,16-17,24-27,29-33H2,1-11H3/t34-,36+,37?,39-,41+,43-,46-/m1/s1. The highest BCUT2D eigenvalue weighted by atomic mass is 28.4. The highest BCUT2D eigenvalue weighted by Gasteiger charge is 2.44. The highest BCUT2D eigenvalue weighted by molar-refractivity contribution is 6.74. The van der Waals surface area contributed by atoms with Crippen LogP contribution in [0.1, 0.15) is 125 Å². The third kappa shape index (κ3) is 13.9. The lowest BCUT2D eigenvalue weighted by Crippen LogP contribution is -2.52. The number of hydrogen-bond acceptors (Lipinski definition) is 9. The van der Waals surface area contributed by atoms with Crippen molar-refractivity contribution in [1.29, 1.82) is 0 Å². The molecule has 0 radical (unpaired) electrons. The number of rotatable bonds is 12. The fraction of sp³-hybridized carbons (Fsp3) is 0.717. The highest BCUT2D eigenvalue weighted by Crippen LogP contribution is 2.40. The van der Waals surface area contributed by atoms with Crippen molar-refractivity contribution in [1.82, 2.24) is 14.8 Å². The molecule has 4 heterocycles. The zero-order chi connectivity index (χ0) is 41.8. The summed E-state index contributed by atoms with van der Waals surface area (Å²) in [7, 11) is -2.30. The van der Waals surface area contributed by atoms with Gasteiger partial charge in [0.1, 0.15) is 11.7 Å². The molecule has 2 saturated heterocycles. The number of piperidine rings is 2. The van der Waals surface area contributed by atoms with Crippen molar-refractivity contribution >= 4 is 20.4 Å². The lowest BCUT2D eigenvalue weighted by Gasteiger charge is -2.43. The van der Waals surface area contributed by atoms with E-state index in [-0.39, 0.29) is 35.4 Å². The van der Waals surface area contributed by atoms with Crippen LogP contribution in [-0.4, -0.2) is 104 Å². The molecule has 1 unspecified atom stereocenters. The van der Waals surface area contributed by atoms with Crippen molar-refractivity contribution < 1.29 is 33.0 Å². The van der Waals surface area contributed by atoms with Crippen molar-refractivity contribution in [3.05, 3.63) is 66.0 Å². The third-order valence-corrected chi connectivity index (χ3v) is 17.1. The van der Waals surface area contributed by atoms with E-state index in [2.05, 4.69) is 56.7 Å². The third-order valence-electron chi connectivity index (χ3n) is 12.6. The van der Waals surface area contributed by atoms with Crippen molar-refractivity contribution in [2.24, 2.45) is 5.92 Å². The first-order chi connectivity index (χ1) is 26.9. The molecule has 4 rings (SSSR count). The van der Waals surface area contributed by atoms with Crippen molar-refractivity contribution in [2.45, 2.75) is 174 Å². The Hall–Kier alpha value is -2.83. The molecule has 0 spiro atoms. The predicted molar refractivity (Wildman–Crippen MR) is 231 cm³/mol. The van der Waals surface area contributed by atoms with Crippen molar-refractivity contribution in [3.63, 3.8) is 0 Å². The Morgan fingerprint density at radius 1 is 1.07 bits per heavy atom. The van der Waals surface area contributed by atoms with Gasteiger partial charge in [0.25, 0.3) is 0 Å². The molecule has 3 aliphatic heterocycles. The number of aromatic nitrogens is 1. The van der Waals surface area contributed by atoms with Gasteiger partial charge in [-0.15, -0.1) is 0 Å². The number of hydrogen-bond donors (Lipinski definition) is 0. The average Bonchev–Trinajstić information content (AvgIpc) is 3.17. The van der Waals surface area contributed by atoms with E-state index >= 15 is 0 Å². The summed E-state index contributed by atoms with van der Waals surface area (Å²) in [6, 6.07) is 6.43. The Balaban J connectivity index is 1.67. The van der Waals surface area contributed by atoms with Crippen LogP contribution in [-0.2, 0) is 28.2 Å². The van der Waals surface area contributed by atoms with Gasteiger partial charge in [-0.1, -0.05) is 71.4 Å². The number of cyclic esters (lactones) is 1. The molecule has 0 N–H and O–H groups in total. The van der Waals surface area contributed by atoms with Crippen LogP contribution in [0.5, 0.6) is 0 Å². The summed E-state index contributed by atoms with van der Waals surface area (Å²) < 4.78 is 32.5. The molecule has 1 aromatic rings. The van der Waals surface area contributed by atoms with Crippen LogP contribution < -0.4 is 0 Å². The first-order valence-corrected chi connectivity index (χ1v) is 24.6. The second kappa shape index (κ2) is 21.4. The number of allylic oxidation sites excluding steroid dienone is 3. The second-order valence-electron chi connectivity index (χ2n) is 18.3. The minimum absolute atomic E-state index is 0.0682. The van der Waals surface area contributed by atoms with Gasteiger partial charge in [0.2, 0.25) is 0 Å². The number of carbonyl (C=O) groups excluding carboxylic acids is 2. The molecule has 0 bridgehead atoms. The Labute approximate surface area is 345 Å². The monoisotopic (exact) mass is 810 g/mol. The van der Waals surface area contributed by atoms with E-state index in [9.17, 15) is 9.59 Å². The minimum Gasteiger partial charge on any atom is -0.457 e. The molecule has 10 nitrogen and oxygen atoms in total.